The Kier molecular flexibility index (Phi) is 4.78. The summed E-state index contributed by atoms with van der Waals surface area (Å²) in [7, 11) is 1.99. The van der Waals surface area contributed by atoms with Crippen molar-refractivity contribution in [3.63, 3.8) is 0 Å². The lowest BCUT2D eigenvalue weighted by Gasteiger charge is -2.31. The Bertz CT molecular complexity index is 600. The molecule has 0 bridgehead atoms. The molecule has 0 aliphatic carbocycles. The highest BCUT2D eigenvalue weighted by Crippen LogP contribution is 2.28. The van der Waals surface area contributed by atoms with Crippen LogP contribution in [-0.2, 0) is 13.6 Å². The van der Waals surface area contributed by atoms with E-state index in [-0.39, 0.29) is 0 Å². The number of likely N-dealkylation sites (tertiary alicyclic amines) is 1. The van der Waals surface area contributed by atoms with E-state index in [1.165, 1.54) is 24.0 Å². The Morgan fingerprint density at radius 1 is 1.27 bits per heavy atom. The molecule has 0 amide bonds. The highest BCUT2D eigenvalue weighted by atomic mass is 16.5. The summed E-state index contributed by atoms with van der Waals surface area (Å²) >= 11 is 0. The molecule has 0 N–H and O–H groups in total. The molecule has 22 heavy (non-hydrogen) atoms. The Morgan fingerprint density at radius 2 is 2.09 bits per heavy atom. The molecule has 0 atom stereocenters. The third-order valence-electron chi connectivity index (χ3n) is 4.40. The van der Waals surface area contributed by atoms with Crippen LogP contribution in [0.1, 0.15) is 36.8 Å². The van der Waals surface area contributed by atoms with Gasteiger partial charge in [-0.05, 0) is 62.0 Å². The van der Waals surface area contributed by atoms with Crippen LogP contribution in [0, 0.1) is 0 Å². The highest BCUT2D eigenvalue weighted by molar-refractivity contribution is 5.28. The molecule has 1 aliphatic rings. The van der Waals surface area contributed by atoms with Gasteiger partial charge in [-0.2, -0.15) is 5.10 Å². The van der Waals surface area contributed by atoms with Gasteiger partial charge in [0.2, 0.25) is 0 Å². The maximum Gasteiger partial charge on any atom is 0.119 e. The van der Waals surface area contributed by atoms with E-state index in [2.05, 4.69) is 34.4 Å². The molecule has 3 rings (SSSR count). The summed E-state index contributed by atoms with van der Waals surface area (Å²) in [5, 5.41) is 4.29. The SMILES string of the molecule is CCOc1cccc(CN2CCC(c3cnn(C)c3)CC2)c1. The fraction of sp³-hybridized carbons (Fsp3) is 0.500. The molecule has 0 radical (unpaired) electrons. The molecule has 1 aromatic carbocycles. The summed E-state index contributed by atoms with van der Waals surface area (Å²) in [6, 6.07) is 8.47. The van der Waals surface area contributed by atoms with Crippen molar-refractivity contribution in [1.29, 1.82) is 0 Å². The number of hydrogen-bond donors (Lipinski definition) is 0. The van der Waals surface area contributed by atoms with Gasteiger partial charge in [0.1, 0.15) is 5.75 Å². The molecule has 2 heterocycles. The van der Waals surface area contributed by atoms with Crippen LogP contribution in [-0.4, -0.2) is 34.4 Å². The summed E-state index contributed by atoms with van der Waals surface area (Å²) < 4.78 is 7.49. The topological polar surface area (TPSA) is 30.3 Å². The molecule has 0 spiro atoms. The van der Waals surface area contributed by atoms with Crippen LogP contribution in [0.4, 0.5) is 0 Å². The smallest absolute Gasteiger partial charge is 0.119 e. The van der Waals surface area contributed by atoms with Gasteiger partial charge in [0.15, 0.2) is 0 Å². The van der Waals surface area contributed by atoms with Crippen molar-refractivity contribution < 1.29 is 4.74 Å². The minimum Gasteiger partial charge on any atom is -0.494 e. The monoisotopic (exact) mass is 299 g/mol. The third-order valence-corrected chi connectivity index (χ3v) is 4.40. The first kappa shape index (κ1) is 15.1. The number of aryl methyl sites for hydroxylation is 1. The molecular formula is C18H25N3O. The normalized spacial score (nSPS) is 16.8. The molecule has 1 saturated heterocycles. The summed E-state index contributed by atoms with van der Waals surface area (Å²) in [6.07, 6.45) is 6.62. The largest absolute Gasteiger partial charge is 0.494 e. The Labute approximate surface area is 132 Å². The van der Waals surface area contributed by atoms with E-state index in [0.29, 0.717) is 5.92 Å². The third kappa shape index (κ3) is 3.69. The van der Waals surface area contributed by atoms with Crippen LogP contribution < -0.4 is 4.74 Å². The van der Waals surface area contributed by atoms with E-state index in [0.717, 1.165) is 32.0 Å². The van der Waals surface area contributed by atoms with Crippen molar-refractivity contribution in [3.8, 4) is 5.75 Å². The molecule has 0 unspecified atom stereocenters. The van der Waals surface area contributed by atoms with Gasteiger partial charge < -0.3 is 4.74 Å². The zero-order chi connectivity index (χ0) is 15.4. The number of benzene rings is 1. The van der Waals surface area contributed by atoms with Crippen LogP contribution in [0.5, 0.6) is 5.75 Å². The highest BCUT2D eigenvalue weighted by Gasteiger charge is 2.21. The lowest BCUT2D eigenvalue weighted by atomic mass is 9.91. The maximum absolute atomic E-state index is 5.59. The average molecular weight is 299 g/mol. The van der Waals surface area contributed by atoms with Crippen LogP contribution in [0.15, 0.2) is 36.7 Å². The van der Waals surface area contributed by atoms with Gasteiger partial charge in [-0.15, -0.1) is 0 Å². The molecule has 2 aromatic rings. The molecule has 118 valence electrons. The molecule has 1 aromatic heterocycles. The van der Waals surface area contributed by atoms with Gasteiger partial charge in [0.25, 0.3) is 0 Å². The van der Waals surface area contributed by atoms with E-state index in [4.69, 9.17) is 4.74 Å². The van der Waals surface area contributed by atoms with E-state index < -0.39 is 0 Å². The van der Waals surface area contributed by atoms with Gasteiger partial charge in [0, 0.05) is 19.8 Å². The Morgan fingerprint density at radius 3 is 2.77 bits per heavy atom. The number of aromatic nitrogens is 2. The van der Waals surface area contributed by atoms with Gasteiger partial charge in [-0.3, -0.25) is 9.58 Å². The Hall–Kier alpha value is -1.81. The van der Waals surface area contributed by atoms with Gasteiger partial charge in [-0.25, -0.2) is 0 Å². The van der Waals surface area contributed by atoms with Crippen molar-refractivity contribution >= 4 is 0 Å². The number of piperidine rings is 1. The van der Waals surface area contributed by atoms with Crippen LogP contribution in [0.2, 0.25) is 0 Å². The zero-order valence-corrected chi connectivity index (χ0v) is 13.5. The minimum absolute atomic E-state index is 0.666. The zero-order valence-electron chi connectivity index (χ0n) is 13.5. The maximum atomic E-state index is 5.59. The predicted octanol–water partition coefficient (Wildman–Crippen LogP) is 3.20. The average Bonchev–Trinajstić information content (AvgIpc) is 2.95. The summed E-state index contributed by atoms with van der Waals surface area (Å²) in [5.41, 5.74) is 2.73. The number of rotatable bonds is 5. The molecule has 4 nitrogen and oxygen atoms in total. The van der Waals surface area contributed by atoms with Crippen LogP contribution >= 0.6 is 0 Å². The van der Waals surface area contributed by atoms with Crippen molar-refractivity contribution in [2.24, 2.45) is 7.05 Å². The number of hydrogen-bond acceptors (Lipinski definition) is 3. The van der Waals surface area contributed by atoms with Crippen LogP contribution in [0.25, 0.3) is 0 Å². The summed E-state index contributed by atoms with van der Waals surface area (Å²) in [5.74, 6) is 1.64. The molecular weight excluding hydrogens is 274 g/mol. The summed E-state index contributed by atoms with van der Waals surface area (Å²) in [4.78, 5) is 2.54. The first-order chi connectivity index (χ1) is 10.7. The fourth-order valence-electron chi connectivity index (χ4n) is 3.23. The minimum atomic E-state index is 0.666. The van der Waals surface area contributed by atoms with Crippen LogP contribution in [0.3, 0.4) is 0 Å². The number of nitrogens with zero attached hydrogens (tertiary/aromatic N) is 3. The van der Waals surface area contributed by atoms with Gasteiger partial charge in [0.05, 0.1) is 12.8 Å². The van der Waals surface area contributed by atoms with E-state index in [1.54, 1.807) is 0 Å². The summed E-state index contributed by atoms with van der Waals surface area (Å²) in [6.45, 7) is 6.06. The van der Waals surface area contributed by atoms with E-state index >= 15 is 0 Å². The quantitative estimate of drug-likeness (QED) is 0.849. The van der Waals surface area contributed by atoms with Gasteiger partial charge >= 0.3 is 0 Å². The van der Waals surface area contributed by atoms with Crippen molar-refractivity contribution in [1.82, 2.24) is 14.7 Å². The number of ether oxygens (including phenoxy) is 1. The predicted molar refractivity (Wildman–Crippen MR) is 88.1 cm³/mol. The lowest BCUT2D eigenvalue weighted by Crippen LogP contribution is -2.32. The van der Waals surface area contributed by atoms with E-state index in [9.17, 15) is 0 Å². The standard InChI is InChI=1S/C18H25N3O/c1-3-22-18-6-4-5-15(11-18)13-21-9-7-16(8-10-21)17-12-19-20(2)14-17/h4-6,11-12,14,16H,3,7-10,13H2,1-2H3. The first-order valence-electron chi connectivity index (χ1n) is 8.17. The first-order valence-corrected chi connectivity index (χ1v) is 8.17. The van der Waals surface area contributed by atoms with Crippen molar-refractivity contribution in [2.45, 2.75) is 32.2 Å². The molecule has 1 fully saturated rings. The molecule has 0 saturated carbocycles. The molecule has 4 heteroatoms. The Balaban J connectivity index is 1.54. The lowest BCUT2D eigenvalue weighted by molar-refractivity contribution is 0.204. The second-order valence-corrected chi connectivity index (χ2v) is 6.08. The van der Waals surface area contributed by atoms with Gasteiger partial charge in [-0.1, -0.05) is 12.1 Å². The van der Waals surface area contributed by atoms with Crippen molar-refractivity contribution in [2.75, 3.05) is 19.7 Å². The van der Waals surface area contributed by atoms with E-state index in [1.807, 2.05) is 30.9 Å². The fourth-order valence-corrected chi connectivity index (χ4v) is 3.23. The molecule has 1 aliphatic heterocycles. The second-order valence-electron chi connectivity index (χ2n) is 6.08. The second kappa shape index (κ2) is 6.97. The van der Waals surface area contributed by atoms with Crippen molar-refractivity contribution in [3.05, 3.63) is 47.8 Å².